The molecule has 0 rings (SSSR count). The van der Waals surface area contributed by atoms with E-state index in [-0.39, 0.29) is 18.6 Å². The third-order valence-electron chi connectivity index (χ3n) is 2.76. The van der Waals surface area contributed by atoms with Gasteiger partial charge < -0.3 is 5.11 Å². The van der Waals surface area contributed by atoms with Crippen LogP contribution in [0, 0.1) is 0 Å². The summed E-state index contributed by atoms with van der Waals surface area (Å²) >= 11 is 0. The van der Waals surface area contributed by atoms with Crippen molar-refractivity contribution in [3.05, 3.63) is 0 Å². The Kier molecular flexibility index (Phi) is 20.3. The Balaban J connectivity index is 0. The van der Waals surface area contributed by atoms with E-state index >= 15 is 0 Å². The van der Waals surface area contributed by atoms with Crippen molar-refractivity contribution in [2.45, 2.75) is 77.6 Å². The molecule has 1 nitrogen and oxygen atoms in total. The molecule has 0 amide bonds. The second-order valence-electron chi connectivity index (χ2n) is 4.26. The molecular weight excluding hydrogens is 223 g/mol. The zero-order valence-corrected chi connectivity index (χ0v) is 11.8. The van der Waals surface area contributed by atoms with Crippen molar-refractivity contribution in [2.24, 2.45) is 0 Å². The Labute approximate surface area is 108 Å². The second kappa shape index (κ2) is 17.0. The molecule has 15 heavy (non-hydrogen) atoms. The Bertz CT molecular complexity index is 84.5. The van der Waals surface area contributed by atoms with Crippen LogP contribution >= 0.6 is 0 Å². The molecule has 0 aliphatic carbocycles. The van der Waals surface area contributed by atoms with E-state index in [1.165, 1.54) is 64.2 Å². The van der Waals surface area contributed by atoms with Gasteiger partial charge in [-0.05, 0) is 6.42 Å². The average molecular weight is 251 g/mol. The van der Waals surface area contributed by atoms with Gasteiger partial charge in [0.15, 0.2) is 0 Å². The summed E-state index contributed by atoms with van der Waals surface area (Å²) in [4.78, 5) is 0. The first-order valence-electron chi connectivity index (χ1n) is 6.52. The van der Waals surface area contributed by atoms with Crippen LogP contribution < -0.4 is 0 Å². The predicted octanol–water partition coefficient (Wildman–Crippen LogP) is 4.29. The molecule has 0 heterocycles. The van der Waals surface area contributed by atoms with E-state index in [4.69, 9.17) is 5.11 Å². The summed E-state index contributed by atoms with van der Waals surface area (Å²) in [7, 11) is 0. The van der Waals surface area contributed by atoms with Gasteiger partial charge in [0.1, 0.15) is 0 Å². The van der Waals surface area contributed by atoms with Crippen LogP contribution in [0.2, 0.25) is 0 Å². The Hall–Kier alpha value is 0.544. The largest absolute Gasteiger partial charge is 0.396 e. The molecule has 2 heteroatoms. The first-order chi connectivity index (χ1) is 6.91. The summed E-state index contributed by atoms with van der Waals surface area (Å²) < 4.78 is 0. The molecule has 0 spiro atoms. The van der Waals surface area contributed by atoms with E-state index < -0.39 is 0 Å². The number of hydrogen-bond acceptors (Lipinski definition) is 1. The standard InChI is InChI=1S/C13H28O.V/c1-2-3-4-5-6-7-8-9-10-11-12-13-14;/h14H,2-13H2,1H3;. The third kappa shape index (κ3) is 17.2. The number of hydrogen-bond donors (Lipinski definition) is 1. The van der Waals surface area contributed by atoms with Crippen molar-refractivity contribution in [1.29, 1.82) is 0 Å². The van der Waals surface area contributed by atoms with Gasteiger partial charge in [0.2, 0.25) is 0 Å². The summed E-state index contributed by atoms with van der Waals surface area (Å²) in [5.74, 6) is 0. The molecule has 0 saturated heterocycles. The van der Waals surface area contributed by atoms with Crippen molar-refractivity contribution >= 4 is 0 Å². The smallest absolute Gasteiger partial charge is 0.0431 e. The molecule has 0 aliphatic heterocycles. The van der Waals surface area contributed by atoms with Crippen LogP contribution in [0.4, 0.5) is 0 Å². The maximum atomic E-state index is 8.59. The number of aliphatic hydroxyl groups excluding tert-OH is 1. The molecular formula is C13H28OV. The molecule has 1 radical (unpaired) electrons. The summed E-state index contributed by atoms with van der Waals surface area (Å²) in [6.07, 6.45) is 14.8. The molecule has 1 N–H and O–H groups in total. The van der Waals surface area contributed by atoms with Gasteiger partial charge in [-0.2, -0.15) is 0 Å². The minimum Gasteiger partial charge on any atom is -0.396 e. The minimum absolute atomic E-state index is 0. The van der Waals surface area contributed by atoms with Crippen molar-refractivity contribution < 1.29 is 23.7 Å². The zero-order valence-electron chi connectivity index (χ0n) is 10.4. The molecule has 0 unspecified atom stereocenters. The van der Waals surface area contributed by atoms with Crippen molar-refractivity contribution in [3.8, 4) is 0 Å². The molecule has 0 bridgehead atoms. The monoisotopic (exact) mass is 251 g/mol. The molecule has 0 saturated carbocycles. The van der Waals surface area contributed by atoms with Gasteiger partial charge >= 0.3 is 0 Å². The van der Waals surface area contributed by atoms with Gasteiger partial charge in [0.25, 0.3) is 0 Å². The quantitative estimate of drug-likeness (QED) is 0.543. The molecule has 0 atom stereocenters. The fourth-order valence-electron chi connectivity index (χ4n) is 1.78. The SMILES string of the molecule is CCCCCCCCCCCCCO.[V]. The first-order valence-corrected chi connectivity index (χ1v) is 6.52. The number of unbranched alkanes of at least 4 members (excludes halogenated alkanes) is 10. The number of aliphatic hydroxyl groups is 1. The van der Waals surface area contributed by atoms with E-state index in [1.807, 2.05) is 0 Å². The molecule has 0 aromatic carbocycles. The van der Waals surface area contributed by atoms with Crippen molar-refractivity contribution in [3.63, 3.8) is 0 Å². The van der Waals surface area contributed by atoms with Crippen LogP contribution in [0.3, 0.4) is 0 Å². The minimum atomic E-state index is 0. The first kappa shape index (κ1) is 17.9. The van der Waals surface area contributed by atoms with Crippen LogP contribution in [0.5, 0.6) is 0 Å². The van der Waals surface area contributed by atoms with Gasteiger partial charge in [-0.1, -0.05) is 71.1 Å². The molecule has 0 aromatic rings. The van der Waals surface area contributed by atoms with Gasteiger partial charge in [0, 0.05) is 25.2 Å². The normalized spacial score (nSPS) is 10.0. The summed E-state index contributed by atoms with van der Waals surface area (Å²) in [6, 6.07) is 0. The molecule has 0 aliphatic rings. The van der Waals surface area contributed by atoms with E-state index in [9.17, 15) is 0 Å². The maximum Gasteiger partial charge on any atom is 0.0431 e. The van der Waals surface area contributed by atoms with Crippen LogP contribution in [0.1, 0.15) is 77.6 Å². The van der Waals surface area contributed by atoms with E-state index in [2.05, 4.69) is 6.92 Å². The van der Waals surface area contributed by atoms with E-state index in [0.29, 0.717) is 6.61 Å². The topological polar surface area (TPSA) is 20.2 Å². The van der Waals surface area contributed by atoms with E-state index in [1.54, 1.807) is 0 Å². The van der Waals surface area contributed by atoms with Crippen LogP contribution in [-0.2, 0) is 18.6 Å². The van der Waals surface area contributed by atoms with Gasteiger partial charge in [-0.15, -0.1) is 0 Å². The molecule has 91 valence electrons. The predicted molar refractivity (Wildman–Crippen MR) is 63.5 cm³/mol. The average Bonchev–Trinajstić information content (AvgIpc) is 2.21. The number of rotatable bonds is 11. The summed E-state index contributed by atoms with van der Waals surface area (Å²) in [5.41, 5.74) is 0. The second-order valence-corrected chi connectivity index (χ2v) is 4.26. The van der Waals surface area contributed by atoms with Crippen LogP contribution in [0.25, 0.3) is 0 Å². The van der Waals surface area contributed by atoms with Gasteiger partial charge in [-0.25, -0.2) is 0 Å². The van der Waals surface area contributed by atoms with Crippen LogP contribution in [0.15, 0.2) is 0 Å². The summed E-state index contributed by atoms with van der Waals surface area (Å²) in [5, 5.41) is 8.59. The maximum absolute atomic E-state index is 8.59. The Morgan fingerprint density at radius 2 is 0.933 bits per heavy atom. The van der Waals surface area contributed by atoms with Gasteiger partial charge in [-0.3, -0.25) is 0 Å². The van der Waals surface area contributed by atoms with Crippen LogP contribution in [-0.4, -0.2) is 11.7 Å². The van der Waals surface area contributed by atoms with Gasteiger partial charge in [0.05, 0.1) is 0 Å². The molecule has 0 aromatic heterocycles. The van der Waals surface area contributed by atoms with E-state index in [0.717, 1.165) is 6.42 Å². The molecule has 0 fully saturated rings. The third-order valence-corrected chi connectivity index (χ3v) is 2.76. The van der Waals surface area contributed by atoms with Crippen molar-refractivity contribution in [2.75, 3.05) is 6.61 Å². The Morgan fingerprint density at radius 1 is 0.600 bits per heavy atom. The van der Waals surface area contributed by atoms with Crippen molar-refractivity contribution in [1.82, 2.24) is 0 Å². The zero-order chi connectivity index (χ0) is 10.5. The fourth-order valence-corrected chi connectivity index (χ4v) is 1.78. The summed E-state index contributed by atoms with van der Waals surface area (Å²) in [6.45, 7) is 2.64. The Morgan fingerprint density at radius 3 is 1.27 bits per heavy atom. The fraction of sp³-hybridized carbons (Fsp3) is 1.00.